The molecular formula is C26H28N2O3. The van der Waals surface area contributed by atoms with Crippen LogP contribution in [0, 0.1) is 5.92 Å². The average Bonchev–Trinajstić information content (AvgIpc) is 2.78. The van der Waals surface area contributed by atoms with Crippen LogP contribution >= 0.6 is 0 Å². The molecule has 2 aromatic carbocycles. The van der Waals surface area contributed by atoms with Crippen LogP contribution in [0.25, 0.3) is 0 Å². The van der Waals surface area contributed by atoms with Crippen molar-refractivity contribution >= 4 is 23.1 Å². The number of anilines is 1. The molecule has 1 N–H and O–H groups in total. The standard InChI is InChI=1S/C26H28N2O3/c1-4-17-12-14-18(15-13-17)24-23(16(2)27-20-9-7-10-21(29)25(20)24)26(30)28-19-8-5-6-11-22(19)31-3/h5-6,8,11-15,24-25H,4,7,9-10H2,1-3H3,(H,28,30)/t24-,25?/m1/s1. The summed E-state index contributed by atoms with van der Waals surface area (Å²) in [6.07, 6.45) is 3.11. The summed E-state index contributed by atoms with van der Waals surface area (Å²) in [5.41, 5.74) is 4.95. The van der Waals surface area contributed by atoms with Gasteiger partial charge in [0.1, 0.15) is 11.5 Å². The first-order valence-corrected chi connectivity index (χ1v) is 10.9. The summed E-state index contributed by atoms with van der Waals surface area (Å²) in [7, 11) is 1.57. The molecule has 4 rings (SSSR count). The van der Waals surface area contributed by atoms with Gasteiger partial charge in [-0.25, -0.2) is 0 Å². The summed E-state index contributed by atoms with van der Waals surface area (Å²) >= 11 is 0. The molecular weight excluding hydrogens is 388 g/mol. The van der Waals surface area contributed by atoms with Crippen LogP contribution in [0.4, 0.5) is 5.69 Å². The molecule has 1 aliphatic carbocycles. The highest BCUT2D eigenvalue weighted by molar-refractivity contribution is 6.14. The Balaban J connectivity index is 1.78. The van der Waals surface area contributed by atoms with Crippen molar-refractivity contribution in [3.63, 3.8) is 0 Å². The maximum atomic E-state index is 13.5. The molecule has 5 nitrogen and oxygen atoms in total. The second-order valence-corrected chi connectivity index (χ2v) is 8.13. The van der Waals surface area contributed by atoms with E-state index in [0.29, 0.717) is 29.1 Å². The van der Waals surface area contributed by atoms with Crippen LogP contribution in [-0.2, 0) is 16.0 Å². The van der Waals surface area contributed by atoms with Crippen LogP contribution < -0.4 is 10.1 Å². The maximum Gasteiger partial charge on any atom is 0.254 e. The highest BCUT2D eigenvalue weighted by Gasteiger charge is 2.43. The highest BCUT2D eigenvalue weighted by atomic mass is 16.5. The van der Waals surface area contributed by atoms with E-state index < -0.39 is 0 Å². The van der Waals surface area contributed by atoms with Crippen LogP contribution in [0.5, 0.6) is 5.75 Å². The second-order valence-electron chi connectivity index (χ2n) is 8.13. The van der Waals surface area contributed by atoms with Crippen molar-refractivity contribution in [1.82, 2.24) is 0 Å². The number of methoxy groups -OCH3 is 1. The summed E-state index contributed by atoms with van der Waals surface area (Å²) in [5.74, 6) is -0.187. The van der Waals surface area contributed by atoms with Gasteiger partial charge in [0.15, 0.2) is 0 Å². The Morgan fingerprint density at radius 1 is 1.10 bits per heavy atom. The minimum Gasteiger partial charge on any atom is -0.495 e. The normalized spacial score (nSPS) is 20.7. The Labute approximate surface area is 183 Å². The molecule has 1 amide bonds. The van der Waals surface area contributed by atoms with E-state index >= 15 is 0 Å². The molecule has 2 aliphatic rings. The number of carbonyl (C=O) groups is 2. The van der Waals surface area contributed by atoms with Gasteiger partial charge >= 0.3 is 0 Å². The number of para-hydroxylation sites is 2. The minimum atomic E-state index is -0.372. The number of Topliss-reactive ketones (excluding diaryl/α,β-unsaturated/α-hetero) is 1. The van der Waals surface area contributed by atoms with Crippen molar-refractivity contribution in [3.05, 3.63) is 70.9 Å². The lowest BCUT2D eigenvalue weighted by Crippen LogP contribution is -2.39. The molecule has 0 radical (unpaired) electrons. The zero-order valence-corrected chi connectivity index (χ0v) is 18.3. The molecule has 1 saturated carbocycles. The third-order valence-electron chi connectivity index (χ3n) is 6.25. The number of aliphatic imine (C=N–C) groups is 1. The monoisotopic (exact) mass is 416 g/mol. The summed E-state index contributed by atoms with van der Waals surface area (Å²) < 4.78 is 5.39. The molecule has 1 fully saturated rings. The molecule has 5 heteroatoms. The molecule has 0 bridgehead atoms. The highest BCUT2D eigenvalue weighted by Crippen LogP contribution is 2.43. The zero-order chi connectivity index (χ0) is 22.0. The number of nitrogens with one attached hydrogen (secondary N) is 1. The summed E-state index contributed by atoms with van der Waals surface area (Å²) in [4.78, 5) is 31.3. The number of hydrogen-bond donors (Lipinski definition) is 1. The van der Waals surface area contributed by atoms with Crippen LogP contribution in [0.15, 0.2) is 64.8 Å². The smallest absolute Gasteiger partial charge is 0.254 e. The number of ketones is 1. The average molecular weight is 417 g/mol. The Morgan fingerprint density at radius 3 is 2.55 bits per heavy atom. The molecule has 2 aromatic rings. The van der Waals surface area contributed by atoms with E-state index in [9.17, 15) is 9.59 Å². The van der Waals surface area contributed by atoms with Gasteiger partial charge in [0.05, 0.1) is 18.7 Å². The van der Waals surface area contributed by atoms with E-state index in [4.69, 9.17) is 9.73 Å². The number of ether oxygens (including phenoxy) is 1. The molecule has 0 saturated heterocycles. The SMILES string of the molecule is CCc1ccc([C@@H]2C(C(=O)Nc3ccccc3OC)=C(C)N=C3CCCC(=O)C32)cc1. The van der Waals surface area contributed by atoms with Crippen LogP contribution in [-0.4, -0.2) is 24.5 Å². The lowest BCUT2D eigenvalue weighted by atomic mass is 9.69. The van der Waals surface area contributed by atoms with E-state index in [0.717, 1.165) is 30.5 Å². The van der Waals surface area contributed by atoms with Gasteiger partial charge in [0.2, 0.25) is 0 Å². The van der Waals surface area contributed by atoms with Gasteiger partial charge < -0.3 is 10.1 Å². The van der Waals surface area contributed by atoms with Crippen LogP contribution in [0.2, 0.25) is 0 Å². The van der Waals surface area contributed by atoms with Gasteiger partial charge in [0, 0.05) is 29.3 Å². The second kappa shape index (κ2) is 8.88. The number of aryl methyl sites for hydroxylation is 1. The quantitative estimate of drug-likeness (QED) is 0.739. The van der Waals surface area contributed by atoms with Gasteiger partial charge in [-0.3, -0.25) is 14.6 Å². The van der Waals surface area contributed by atoms with E-state index in [2.05, 4.69) is 36.5 Å². The Hall–Kier alpha value is -3.21. The third kappa shape index (κ3) is 4.05. The summed E-state index contributed by atoms with van der Waals surface area (Å²) in [6, 6.07) is 15.6. The molecule has 160 valence electrons. The summed E-state index contributed by atoms with van der Waals surface area (Å²) in [5, 5.41) is 2.99. The van der Waals surface area contributed by atoms with Gasteiger partial charge in [-0.2, -0.15) is 0 Å². The number of benzene rings is 2. The minimum absolute atomic E-state index is 0.171. The van der Waals surface area contributed by atoms with Gasteiger partial charge in [0.25, 0.3) is 5.91 Å². The molecule has 1 aliphatic heterocycles. The van der Waals surface area contributed by atoms with Crippen molar-refractivity contribution in [2.75, 3.05) is 12.4 Å². The molecule has 31 heavy (non-hydrogen) atoms. The molecule has 0 spiro atoms. The first-order chi connectivity index (χ1) is 15.0. The first kappa shape index (κ1) is 21.0. The number of carbonyl (C=O) groups excluding carboxylic acids is 2. The van der Waals surface area contributed by atoms with E-state index in [1.165, 1.54) is 5.56 Å². The number of nitrogens with zero attached hydrogens (tertiary/aromatic N) is 1. The Kier molecular flexibility index (Phi) is 6.03. The topological polar surface area (TPSA) is 67.8 Å². The Bertz CT molecular complexity index is 1070. The van der Waals surface area contributed by atoms with Crippen molar-refractivity contribution in [2.45, 2.75) is 45.4 Å². The largest absolute Gasteiger partial charge is 0.495 e. The molecule has 1 unspecified atom stereocenters. The predicted molar refractivity (Wildman–Crippen MR) is 123 cm³/mol. The fourth-order valence-corrected chi connectivity index (χ4v) is 4.67. The van der Waals surface area contributed by atoms with Crippen LogP contribution in [0.1, 0.15) is 50.2 Å². The number of allylic oxidation sites excluding steroid dienone is 1. The van der Waals surface area contributed by atoms with Gasteiger partial charge in [-0.05, 0) is 49.4 Å². The Morgan fingerprint density at radius 2 is 1.84 bits per heavy atom. The van der Waals surface area contributed by atoms with E-state index in [-0.39, 0.29) is 23.5 Å². The predicted octanol–water partition coefficient (Wildman–Crippen LogP) is 5.08. The van der Waals surface area contributed by atoms with Gasteiger partial charge in [-0.15, -0.1) is 0 Å². The number of hydrogen-bond acceptors (Lipinski definition) is 4. The molecule has 0 aromatic heterocycles. The number of fused-ring (bicyclic) bond motifs is 1. The zero-order valence-electron chi connectivity index (χ0n) is 18.3. The van der Waals surface area contributed by atoms with Gasteiger partial charge in [-0.1, -0.05) is 43.3 Å². The van der Waals surface area contributed by atoms with E-state index in [1.54, 1.807) is 19.2 Å². The maximum absolute atomic E-state index is 13.5. The molecule has 1 heterocycles. The summed E-state index contributed by atoms with van der Waals surface area (Å²) in [6.45, 7) is 3.98. The van der Waals surface area contributed by atoms with Crippen molar-refractivity contribution in [1.29, 1.82) is 0 Å². The van der Waals surface area contributed by atoms with Crippen molar-refractivity contribution in [3.8, 4) is 5.75 Å². The third-order valence-corrected chi connectivity index (χ3v) is 6.25. The lowest BCUT2D eigenvalue weighted by molar-refractivity contribution is -0.122. The van der Waals surface area contributed by atoms with E-state index in [1.807, 2.05) is 19.1 Å². The van der Waals surface area contributed by atoms with Crippen molar-refractivity contribution in [2.24, 2.45) is 10.9 Å². The van der Waals surface area contributed by atoms with Crippen LogP contribution in [0.3, 0.4) is 0 Å². The molecule has 2 atom stereocenters. The van der Waals surface area contributed by atoms with Crippen molar-refractivity contribution < 1.29 is 14.3 Å². The fraction of sp³-hybridized carbons (Fsp3) is 0.346. The lowest BCUT2D eigenvalue weighted by Gasteiger charge is -2.36. The number of amides is 1. The number of rotatable bonds is 5. The first-order valence-electron chi connectivity index (χ1n) is 10.9. The fourth-order valence-electron chi connectivity index (χ4n) is 4.67.